The fourth-order valence-corrected chi connectivity index (χ4v) is 2.21. The summed E-state index contributed by atoms with van der Waals surface area (Å²) in [5.74, 6) is 0.891. The predicted octanol–water partition coefficient (Wildman–Crippen LogP) is 3.14. The standard InChI is InChI=1S/C16H20N2O/c1-2-14(11-18-13-8-9-13)19-15-7-3-5-12-6-4-10-17-16(12)15/h3-7,10,13-14,18H,2,8-9,11H2,1H3. The molecule has 1 fully saturated rings. The summed E-state index contributed by atoms with van der Waals surface area (Å²) >= 11 is 0. The molecule has 0 radical (unpaired) electrons. The van der Waals surface area contributed by atoms with Crippen LogP contribution in [-0.2, 0) is 0 Å². The summed E-state index contributed by atoms with van der Waals surface area (Å²) in [4.78, 5) is 4.43. The summed E-state index contributed by atoms with van der Waals surface area (Å²) < 4.78 is 6.13. The fourth-order valence-electron chi connectivity index (χ4n) is 2.21. The summed E-state index contributed by atoms with van der Waals surface area (Å²) in [6.07, 6.45) is 5.66. The second-order valence-corrected chi connectivity index (χ2v) is 5.16. The van der Waals surface area contributed by atoms with Gasteiger partial charge in [-0.1, -0.05) is 25.1 Å². The van der Waals surface area contributed by atoms with Crippen molar-refractivity contribution in [3.8, 4) is 5.75 Å². The van der Waals surface area contributed by atoms with Crippen LogP contribution in [0.3, 0.4) is 0 Å². The second kappa shape index (κ2) is 5.57. The van der Waals surface area contributed by atoms with E-state index in [1.54, 1.807) is 0 Å². The van der Waals surface area contributed by atoms with Gasteiger partial charge in [-0.25, -0.2) is 0 Å². The molecule has 1 aromatic carbocycles. The Morgan fingerprint density at radius 2 is 2.16 bits per heavy atom. The first-order chi connectivity index (χ1) is 9.36. The lowest BCUT2D eigenvalue weighted by Crippen LogP contribution is -2.32. The van der Waals surface area contributed by atoms with Crippen molar-refractivity contribution in [3.63, 3.8) is 0 Å². The van der Waals surface area contributed by atoms with Crippen LogP contribution >= 0.6 is 0 Å². The number of aromatic nitrogens is 1. The molecule has 19 heavy (non-hydrogen) atoms. The monoisotopic (exact) mass is 256 g/mol. The van der Waals surface area contributed by atoms with Crippen molar-refractivity contribution < 1.29 is 4.74 Å². The summed E-state index contributed by atoms with van der Waals surface area (Å²) in [6.45, 7) is 3.09. The summed E-state index contributed by atoms with van der Waals surface area (Å²) in [5, 5.41) is 4.66. The number of benzene rings is 1. The number of rotatable bonds is 6. The molecule has 1 unspecified atom stereocenters. The van der Waals surface area contributed by atoms with Crippen molar-refractivity contribution in [3.05, 3.63) is 36.5 Å². The Hall–Kier alpha value is -1.61. The zero-order valence-corrected chi connectivity index (χ0v) is 11.3. The molecule has 1 aromatic heterocycles. The topological polar surface area (TPSA) is 34.1 Å². The molecule has 1 atom stereocenters. The molecule has 3 rings (SSSR count). The maximum Gasteiger partial charge on any atom is 0.146 e. The Labute approximate surface area is 114 Å². The van der Waals surface area contributed by atoms with Gasteiger partial charge < -0.3 is 10.1 Å². The van der Waals surface area contributed by atoms with Gasteiger partial charge in [0.25, 0.3) is 0 Å². The number of pyridine rings is 1. The van der Waals surface area contributed by atoms with Gasteiger partial charge in [-0.05, 0) is 31.4 Å². The lowest BCUT2D eigenvalue weighted by Gasteiger charge is -2.19. The molecule has 0 amide bonds. The third-order valence-corrected chi connectivity index (χ3v) is 3.56. The van der Waals surface area contributed by atoms with Crippen LogP contribution in [0.25, 0.3) is 10.9 Å². The fraction of sp³-hybridized carbons (Fsp3) is 0.438. The molecule has 0 bridgehead atoms. The molecule has 2 aromatic rings. The zero-order chi connectivity index (χ0) is 13.1. The summed E-state index contributed by atoms with van der Waals surface area (Å²) in [5.41, 5.74) is 0.954. The number of hydrogen-bond donors (Lipinski definition) is 1. The van der Waals surface area contributed by atoms with Crippen molar-refractivity contribution in [1.82, 2.24) is 10.3 Å². The molecule has 0 saturated heterocycles. The smallest absolute Gasteiger partial charge is 0.146 e. The third kappa shape index (κ3) is 3.04. The zero-order valence-electron chi connectivity index (χ0n) is 11.3. The lowest BCUT2D eigenvalue weighted by molar-refractivity contribution is 0.195. The minimum absolute atomic E-state index is 0.216. The first-order valence-electron chi connectivity index (χ1n) is 7.10. The molecule has 0 spiro atoms. The Morgan fingerprint density at radius 3 is 2.95 bits per heavy atom. The molecule has 3 heteroatoms. The van der Waals surface area contributed by atoms with Gasteiger partial charge in [0, 0.05) is 24.2 Å². The van der Waals surface area contributed by atoms with Gasteiger partial charge in [-0.15, -0.1) is 0 Å². The molecule has 1 N–H and O–H groups in total. The van der Waals surface area contributed by atoms with Crippen LogP contribution in [0.15, 0.2) is 36.5 Å². The maximum atomic E-state index is 6.13. The average molecular weight is 256 g/mol. The van der Waals surface area contributed by atoms with E-state index in [0.29, 0.717) is 0 Å². The first kappa shape index (κ1) is 12.4. The number of para-hydroxylation sites is 1. The van der Waals surface area contributed by atoms with Crippen LogP contribution in [-0.4, -0.2) is 23.7 Å². The van der Waals surface area contributed by atoms with Crippen LogP contribution in [0.5, 0.6) is 5.75 Å². The molecular weight excluding hydrogens is 236 g/mol. The average Bonchev–Trinajstić information content (AvgIpc) is 3.28. The maximum absolute atomic E-state index is 6.13. The van der Waals surface area contributed by atoms with E-state index in [4.69, 9.17) is 4.74 Å². The SMILES string of the molecule is CCC(CNC1CC1)Oc1cccc2cccnc12. The molecule has 1 heterocycles. The lowest BCUT2D eigenvalue weighted by atomic mass is 10.2. The highest BCUT2D eigenvalue weighted by Crippen LogP contribution is 2.25. The molecular formula is C16H20N2O. The normalized spacial score (nSPS) is 16.5. The third-order valence-electron chi connectivity index (χ3n) is 3.56. The van der Waals surface area contributed by atoms with Gasteiger partial charge in [0.1, 0.15) is 17.4 Å². The van der Waals surface area contributed by atoms with Crippen LogP contribution in [0.1, 0.15) is 26.2 Å². The van der Waals surface area contributed by atoms with E-state index in [2.05, 4.69) is 29.4 Å². The summed E-state index contributed by atoms with van der Waals surface area (Å²) in [7, 11) is 0. The van der Waals surface area contributed by atoms with E-state index >= 15 is 0 Å². The van der Waals surface area contributed by atoms with Crippen molar-refractivity contribution >= 4 is 10.9 Å². The Kier molecular flexibility index (Phi) is 3.65. The Bertz CT molecular complexity index is 546. The minimum Gasteiger partial charge on any atom is -0.487 e. The van der Waals surface area contributed by atoms with Crippen LogP contribution in [0.4, 0.5) is 0 Å². The Morgan fingerprint density at radius 1 is 1.32 bits per heavy atom. The predicted molar refractivity (Wildman–Crippen MR) is 77.5 cm³/mol. The second-order valence-electron chi connectivity index (χ2n) is 5.16. The highest BCUT2D eigenvalue weighted by atomic mass is 16.5. The highest BCUT2D eigenvalue weighted by Gasteiger charge is 2.22. The molecule has 1 aliphatic rings. The van der Waals surface area contributed by atoms with E-state index in [1.165, 1.54) is 12.8 Å². The van der Waals surface area contributed by atoms with Gasteiger partial charge in [0.2, 0.25) is 0 Å². The largest absolute Gasteiger partial charge is 0.487 e. The molecule has 100 valence electrons. The highest BCUT2D eigenvalue weighted by molar-refractivity contribution is 5.84. The van der Waals surface area contributed by atoms with E-state index < -0.39 is 0 Å². The molecule has 0 aliphatic heterocycles. The van der Waals surface area contributed by atoms with Gasteiger partial charge in [-0.2, -0.15) is 0 Å². The minimum atomic E-state index is 0.216. The summed E-state index contributed by atoms with van der Waals surface area (Å²) in [6, 6.07) is 10.9. The van der Waals surface area contributed by atoms with Crippen LogP contribution < -0.4 is 10.1 Å². The molecule has 3 nitrogen and oxygen atoms in total. The van der Waals surface area contributed by atoms with Gasteiger partial charge in [0.05, 0.1) is 0 Å². The van der Waals surface area contributed by atoms with Crippen molar-refractivity contribution in [2.24, 2.45) is 0 Å². The number of nitrogens with zero attached hydrogens (tertiary/aromatic N) is 1. The number of ether oxygens (including phenoxy) is 1. The van der Waals surface area contributed by atoms with Crippen molar-refractivity contribution in [1.29, 1.82) is 0 Å². The molecule has 1 saturated carbocycles. The van der Waals surface area contributed by atoms with Gasteiger partial charge in [0.15, 0.2) is 0 Å². The first-order valence-corrected chi connectivity index (χ1v) is 7.10. The quantitative estimate of drug-likeness (QED) is 0.862. The van der Waals surface area contributed by atoms with E-state index in [-0.39, 0.29) is 6.10 Å². The number of nitrogens with one attached hydrogen (secondary N) is 1. The number of hydrogen-bond acceptors (Lipinski definition) is 3. The van der Waals surface area contributed by atoms with Crippen molar-refractivity contribution in [2.75, 3.05) is 6.54 Å². The van der Waals surface area contributed by atoms with Gasteiger partial charge in [-0.3, -0.25) is 4.98 Å². The molecule has 1 aliphatic carbocycles. The van der Waals surface area contributed by atoms with Gasteiger partial charge >= 0.3 is 0 Å². The van der Waals surface area contributed by atoms with E-state index in [9.17, 15) is 0 Å². The van der Waals surface area contributed by atoms with Crippen LogP contribution in [0.2, 0.25) is 0 Å². The van der Waals surface area contributed by atoms with E-state index in [1.807, 2.05) is 24.4 Å². The van der Waals surface area contributed by atoms with Crippen LogP contribution in [0, 0.1) is 0 Å². The van der Waals surface area contributed by atoms with E-state index in [0.717, 1.165) is 35.7 Å². The van der Waals surface area contributed by atoms with Crippen molar-refractivity contribution in [2.45, 2.75) is 38.3 Å². The number of fused-ring (bicyclic) bond motifs is 1. The Balaban J connectivity index is 1.74.